The molecule has 0 saturated carbocycles. The minimum atomic E-state index is 0. The van der Waals surface area contributed by atoms with Crippen LogP contribution < -0.4 is 10.6 Å². The third-order valence-electron chi connectivity index (χ3n) is 3.79. The van der Waals surface area contributed by atoms with Gasteiger partial charge in [0.1, 0.15) is 0 Å². The normalized spacial score (nSPS) is 14.2. The van der Waals surface area contributed by atoms with Gasteiger partial charge in [-0.05, 0) is 43.7 Å². The molecule has 24 heavy (non-hydrogen) atoms. The number of nitrogens with one attached hydrogen (secondary N) is 2. The SMILES string of the molecule is CCNC(=NCc1ccc(SC)cc1)NCC(=O)N1CCCC1.I. The first-order chi connectivity index (χ1) is 11.2. The highest BCUT2D eigenvalue weighted by atomic mass is 127. The van der Waals surface area contributed by atoms with E-state index in [4.69, 9.17) is 0 Å². The lowest BCUT2D eigenvalue weighted by Crippen LogP contribution is -2.44. The Morgan fingerprint density at radius 1 is 1.21 bits per heavy atom. The molecule has 0 bridgehead atoms. The van der Waals surface area contributed by atoms with Gasteiger partial charge in [-0.15, -0.1) is 35.7 Å². The maximum Gasteiger partial charge on any atom is 0.241 e. The topological polar surface area (TPSA) is 56.7 Å². The van der Waals surface area contributed by atoms with Crippen LogP contribution in [0.4, 0.5) is 0 Å². The lowest BCUT2D eigenvalue weighted by atomic mass is 10.2. The van der Waals surface area contributed by atoms with E-state index in [0.29, 0.717) is 19.0 Å². The second-order valence-corrected chi connectivity index (χ2v) is 6.36. The second kappa shape index (κ2) is 11.6. The van der Waals surface area contributed by atoms with E-state index < -0.39 is 0 Å². The van der Waals surface area contributed by atoms with Crippen molar-refractivity contribution in [1.29, 1.82) is 0 Å². The summed E-state index contributed by atoms with van der Waals surface area (Å²) in [5, 5.41) is 6.32. The molecule has 1 aliphatic heterocycles. The zero-order valence-corrected chi connectivity index (χ0v) is 17.5. The van der Waals surface area contributed by atoms with Crippen LogP contribution in [0.3, 0.4) is 0 Å². The Bertz CT molecular complexity index is 530. The number of hydrogen-bond donors (Lipinski definition) is 2. The highest BCUT2D eigenvalue weighted by Crippen LogP contribution is 2.15. The summed E-state index contributed by atoms with van der Waals surface area (Å²) in [6.07, 6.45) is 4.30. The number of carbonyl (C=O) groups excluding carboxylic acids is 1. The summed E-state index contributed by atoms with van der Waals surface area (Å²) >= 11 is 1.73. The summed E-state index contributed by atoms with van der Waals surface area (Å²) < 4.78 is 0. The van der Waals surface area contributed by atoms with Crippen molar-refractivity contribution in [2.24, 2.45) is 4.99 Å². The van der Waals surface area contributed by atoms with Crippen LogP contribution in [0.2, 0.25) is 0 Å². The highest BCUT2D eigenvalue weighted by Gasteiger charge is 2.17. The average molecular weight is 462 g/mol. The van der Waals surface area contributed by atoms with Crippen molar-refractivity contribution >= 4 is 47.6 Å². The van der Waals surface area contributed by atoms with Gasteiger partial charge in [-0.3, -0.25) is 4.79 Å². The number of aliphatic imine (C=N–C) groups is 1. The van der Waals surface area contributed by atoms with Crippen molar-refractivity contribution < 1.29 is 4.79 Å². The number of rotatable bonds is 6. The lowest BCUT2D eigenvalue weighted by Gasteiger charge is -2.17. The van der Waals surface area contributed by atoms with E-state index in [0.717, 1.165) is 38.0 Å². The molecule has 0 atom stereocenters. The molecule has 1 heterocycles. The molecule has 7 heteroatoms. The van der Waals surface area contributed by atoms with Crippen molar-refractivity contribution in [3.63, 3.8) is 0 Å². The molecule has 0 aliphatic carbocycles. The zero-order valence-electron chi connectivity index (χ0n) is 14.4. The van der Waals surface area contributed by atoms with Gasteiger partial charge in [-0.25, -0.2) is 4.99 Å². The van der Waals surface area contributed by atoms with Gasteiger partial charge in [0.25, 0.3) is 0 Å². The quantitative estimate of drug-likeness (QED) is 0.296. The van der Waals surface area contributed by atoms with Crippen LogP contribution in [0.1, 0.15) is 25.3 Å². The minimum absolute atomic E-state index is 0. The Labute approximate surface area is 166 Å². The fourth-order valence-corrected chi connectivity index (χ4v) is 2.89. The molecule has 134 valence electrons. The van der Waals surface area contributed by atoms with Crippen molar-refractivity contribution in [2.45, 2.75) is 31.2 Å². The van der Waals surface area contributed by atoms with E-state index in [2.05, 4.69) is 46.1 Å². The maximum absolute atomic E-state index is 12.1. The van der Waals surface area contributed by atoms with Gasteiger partial charge in [-0.2, -0.15) is 0 Å². The van der Waals surface area contributed by atoms with Crippen molar-refractivity contribution in [3.05, 3.63) is 29.8 Å². The van der Waals surface area contributed by atoms with Gasteiger partial charge in [0.2, 0.25) is 5.91 Å². The molecule has 2 N–H and O–H groups in total. The Morgan fingerprint density at radius 2 is 1.88 bits per heavy atom. The van der Waals surface area contributed by atoms with Crippen LogP contribution in [-0.2, 0) is 11.3 Å². The Balaban J connectivity index is 0.00000288. The van der Waals surface area contributed by atoms with E-state index in [1.165, 1.54) is 4.90 Å². The molecular formula is C17H27IN4OS. The number of likely N-dealkylation sites (tertiary alicyclic amines) is 1. The molecule has 1 fully saturated rings. The highest BCUT2D eigenvalue weighted by molar-refractivity contribution is 14.0. The molecule has 1 saturated heterocycles. The number of thioether (sulfide) groups is 1. The van der Waals surface area contributed by atoms with Crippen LogP contribution in [-0.4, -0.2) is 49.2 Å². The summed E-state index contributed by atoms with van der Waals surface area (Å²) in [7, 11) is 0. The molecular weight excluding hydrogens is 435 g/mol. The lowest BCUT2D eigenvalue weighted by molar-refractivity contribution is -0.128. The van der Waals surface area contributed by atoms with E-state index in [-0.39, 0.29) is 29.9 Å². The monoisotopic (exact) mass is 462 g/mol. The average Bonchev–Trinajstić information content (AvgIpc) is 3.12. The van der Waals surface area contributed by atoms with Crippen molar-refractivity contribution in [3.8, 4) is 0 Å². The number of carbonyl (C=O) groups is 1. The largest absolute Gasteiger partial charge is 0.357 e. The standard InChI is InChI=1S/C17H26N4OS.HI/c1-3-18-17(20-13-16(22)21-10-4-5-11-21)19-12-14-6-8-15(23-2)9-7-14;/h6-9H,3-5,10-13H2,1-2H3,(H2,18,19,20);1H. The molecule has 1 aliphatic rings. The molecule has 0 spiro atoms. The predicted molar refractivity (Wildman–Crippen MR) is 112 cm³/mol. The van der Waals surface area contributed by atoms with Crippen LogP contribution in [0.25, 0.3) is 0 Å². The van der Waals surface area contributed by atoms with Gasteiger partial charge < -0.3 is 15.5 Å². The number of halogens is 1. The van der Waals surface area contributed by atoms with E-state index in [1.54, 1.807) is 11.8 Å². The predicted octanol–water partition coefficient (Wildman–Crippen LogP) is 2.70. The fourth-order valence-electron chi connectivity index (χ4n) is 2.48. The van der Waals surface area contributed by atoms with E-state index in [9.17, 15) is 4.79 Å². The molecule has 2 rings (SSSR count). The van der Waals surface area contributed by atoms with Gasteiger partial charge in [0.05, 0.1) is 13.1 Å². The third-order valence-corrected chi connectivity index (χ3v) is 4.53. The molecule has 1 aromatic rings. The zero-order chi connectivity index (χ0) is 16.5. The van der Waals surface area contributed by atoms with Crippen molar-refractivity contribution in [2.75, 3.05) is 32.4 Å². The first-order valence-corrected chi connectivity index (χ1v) is 9.38. The van der Waals surface area contributed by atoms with Gasteiger partial charge in [0.15, 0.2) is 5.96 Å². The number of benzene rings is 1. The van der Waals surface area contributed by atoms with Gasteiger partial charge in [-0.1, -0.05) is 12.1 Å². The summed E-state index contributed by atoms with van der Waals surface area (Å²) in [4.78, 5) is 19.8. The molecule has 1 aromatic carbocycles. The number of amides is 1. The molecule has 0 unspecified atom stereocenters. The Morgan fingerprint density at radius 3 is 2.46 bits per heavy atom. The summed E-state index contributed by atoms with van der Waals surface area (Å²) in [6, 6.07) is 8.39. The number of hydrogen-bond acceptors (Lipinski definition) is 3. The molecule has 5 nitrogen and oxygen atoms in total. The van der Waals surface area contributed by atoms with Gasteiger partial charge >= 0.3 is 0 Å². The first kappa shape index (κ1) is 21.1. The summed E-state index contributed by atoms with van der Waals surface area (Å²) in [6.45, 7) is 5.47. The third kappa shape index (κ3) is 6.88. The number of guanidine groups is 1. The minimum Gasteiger partial charge on any atom is -0.357 e. The summed E-state index contributed by atoms with van der Waals surface area (Å²) in [5.41, 5.74) is 1.16. The Kier molecular flexibility index (Phi) is 10.2. The van der Waals surface area contributed by atoms with Crippen LogP contribution in [0, 0.1) is 0 Å². The Hall–Kier alpha value is -0.960. The fraction of sp³-hybridized carbons (Fsp3) is 0.529. The van der Waals surface area contributed by atoms with E-state index >= 15 is 0 Å². The van der Waals surface area contributed by atoms with Crippen LogP contribution >= 0.6 is 35.7 Å². The molecule has 0 radical (unpaired) electrons. The maximum atomic E-state index is 12.1. The second-order valence-electron chi connectivity index (χ2n) is 5.48. The van der Waals surface area contributed by atoms with E-state index in [1.807, 2.05) is 11.8 Å². The van der Waals surface area contributed by atoms with Crippen LogP contribution in [0.5, 0.6) is 0 Å². The van der Waals surface area contributed by atoms with Crippen LogP contribution in [0.15, 0.2) is 34.2 Å². The van der Waals surface area contributed by atoms with Gasteiger partial charge in [0, 0.05) is 24.5 Å². The molecule has 0 aromatic heterocycles. The number of nitrogens with zero attached hydrogens (tertiary/aromatic N) is 2. The molecule has 1 amide bonds. The summed E-state index contributed by atoms with van der Waals surface area (Å²) in [5.74, 6) is 0.839. The van der Waals surface area contributed by atoms with Crippen molar-refractivity contribution in [1.82, 2.24) is 15.5 Å². The smallest absolute Gasteiger partial charge is 0.241 e. The first-order valence-electron chi connectivity index (χ1n) is 8.16.